The minimum Gasteiger partial charge on any atom is -0.480 e. The molecular formula is C42H76N24O8. The van der Waals surface area contributed by atoms with Crippen LogP contribution in [0.3, 0.4) is 0 Å². The summed E-state index contributed by atoms with van der Waals surface area (Å²) >= 11 is 0. The summed E-state index contributed by atoms with van der Waals surface area (Å²) in [6, 6.07) is -9.29. The molecule has 0 fully saturated rings. The second-order valence-electron chi connectivity index (χ2n) is 17.1. The van der Waals surface area contributed by atoms with Gasteiger partial charge in [-0.1, -0.05) is 0 Å². The summed E-state index contributed by atoms with van der Waals surface area (Å²) in [4.78, 5) is 110. The molecule has 32 nitrogen and oxygen atoms in total. The van der Waals surface area contributed by atoms with Gasteiger partial charge in [0.25, 0.3) is 0 Å². The number of nitrogens with one attached hydrogen (secondary N) is 16. The number of H-pyrrole nitrogens is 2. The number of imidazole rings is 2. The van der Waals surface area contributed by atoms with E-state index in [1.165, 1.54) is 25.0 Å². The normalized spacial score (nSPS) is 13.6. The highest BCUT2D eigenvalue weighted by Gasteiger charge is 2.34. The summed E-state index contributed by atoms with van der Waals surface area (Å²) in [6.45, 7) is 0.926. The maximum Gasteiger partial charge on any atom is 0.326 e. The maximum atomic E-state index is 14.4. The number of hydrogen-bond acceptors (Lipinski definition) is 15. The largest absolute Gasteiger partial charge is 0.480 e. The van der Waals surface area contributed by atoms with E-state index < -0.39 is 83.7 Å². The van der Waals surface area contributed by atoms with E-state index in [0.717, 1.165) is 0 Å². The first kappa shape index (κ1) is 61.8. The van der Waals surface area contributed by atoms with Gasteiger partial charge in [0, 0.05) is 51.4 Å². The molecule has 0 bridgehead atoms. The molecule has 0 unspecified atom stereocenters. The Morgan fingerprint density at radius 3 is 1.12 bits per heavy atom. The second kappa shape index (κ2) is 34.1. The number of carboxylic acid groups (broad SMARTS) is 1. The lowest BCUT2D eigenvalue weighted by atomic mass is 10.0. The van der Waals surface area contributed by atoms with Crippen LogP contribution in [-0.4, -0.2) is 165 Å². The Bertz CT molecular complexity index is 2120. The summed E-state index contributed by atoms with van der Waals surface area (Å²) in [5.41, 5.74) is 34.0. The first-order chi connectivity index (χ1) is 35.2. The molecule has 29 N–H and O–H groups in total. The fourth-order valence-electron chi connectivity index (χ4n) is 7.10. The quantitative estimate of drug-likeness (QED) is 0.0170. The number of nitrogens with two attached hydrogens (primary N) is 6. The van der Waals surface area contributed by atoms with Gasteiger partial charge in [0.1, 0.15) is 36.3 Å². The number of aromatic nitrogens is 4. The first-order valence-electron chi connectivity index (χ1n) is 24.0. The van der Waals surface area contributed by atoms with Crippen LogP contribution in [0.25, 0.3) is 0 Å². The van der Waals surface area contributed by atoms with Gasteiger partial charge in [-0.15, -0.1) is 0 Å². The summed E-state index contributed by atoms with van der Waals surface area (Å²) in [6.07, 6.45) is 7.00. The molecule has 0 spiro atoms. The number of aliphatic carboxylic acids is 1. The van der Waals surface area contributed by atoms with E-state index in [9.17, 15) is 38.7 Å². The lowest BCUT2D eigenvalue weighted by Gasteiger charge is -2.27. The van der Waals surface area contributed by atoms with Crippen LogP contribution >= 0.6 is 0 Å². The fraction of sp³-hybridized carbons (Fsp3) is 0.595. The number of amides is 6. The molecule has 2 rings (SSSR count). The van der Waals surface area contributed by atoms with Crippen LogP contribution in [0.2, 0.25) is 0 Å². The molecule has 0 saturated heterocycles. The van der Waals surface area contributed by atoms with E-state index in [2.05, 4.69) is 73.1 Å². The van der Waals surface area contributed by atoms with Crippen molar-refractivity contribution in [1.82, 2.24) is 73.1 Å². The first-order valence-corrected chi connectivity index (χ1v) is 24.0. The highest BCUT2D eigenvalue weighted by atomic mass is 16.4. The van der Waals surface area contributed by atoms with Crippen LogP contribution < -0.4 is 87.6 Å². The number of guanidine groups is 4. The van der Waals surface area contributed by atoms with E-state index in [1.807, 2.05) is 0 Å². The van der Waals surface area contributed by atoms with E-state index in [-0.39, 0.29) is 121 Å². The Balaban J connectivity index is 2.45. The topological polar surface area (TPSA) is 569 Å². The van der Waals surface area contributed by atoms with Gasteiger partial charge in [0.15, 0.2) is 23.8 Å². The molecule has 32 heteroatoms. The number of carbonyl (C=O) groups is 7. The molecular weight excluding hydrogens is 969 g/mol. The van der Waals surface area contributed by atoms with Crippen molar-refractivity contribution >= 4 is 65.3 Å². The molecule has 0 radical (unpaired) electrons. The maximum absolute atomic E-state index is 14.4. The lowest BCUT2D eigenvalue weighted by molar-refractivity contribution is -0.142. The summed E-state index contributed by atoms with van der Waals surface area (Å²) in [5.74, 6) is -7.51. The van der Waals surface area contributed by atoms with Crippen molar-refractivity contribution in [2.75, 3.05) is 32.7 Å². The van der Waals surface area contributed by atoms with Gasteiger partial charge in [0.2, 0.25) is 35.4 Å². The number of nitrogens with zero attached hydrogens (tertiary/aromatic N) is 2. The monoisotopic (exact) mass is 1040 g/mol. The van der Waals surface area contributed by atoms with Crippen molar-refractivity contribution in [1.29, 1.82) is 21.6 Å². The summed E-state index contributed by atoms with van der Waals surface area (Å²) in [7, 11) is 0. The zero-order valence-corrected chi connectivity index (χ0v) is 41.2. The zero-order chi connectivity index (χ0) is 55.0. The molecule has 0 aromatic carbocycles. The Morgan fingerprint density at radius 1 is 0.473 bits per heavy atom. The van der Waals surface area contributed by atoms with E-state index in [0.29, 0.717) is 30.7 Å². The van der Waals surface area contributed by atoms with Gasteiger partial charge in [-0.05, 0) is 77.2 Å². The Labute approximate surface area is 427 Å². The minimum absolute atomic E-state index is 0.00291. The number of unbranched alkanes of at least 4 members (excludes halogenated alkanes) is 1. The van der Waals surface area contributed by atoms with E-state index in [4.69, 9.17) is 56.0 Å². The van der Waals surface area contributed by atoms with Crippen LogP contribution in [0.5, 0.6) is 0 Å². The van der Waals surface area contributed by atoms with Crippen LogP contribution in [-0.2, 0) is 46.4 Å². The van der Waals surface area contributed by atoms with Gasteiger partial charge in [-0.2, -0.15) is 0 Å². The Morgan fingerprint density at radius 2 is 0.784 bits per heavy atom. The number of carboxylic acids is 1. The van der Waals surface area contributed by atoms with E-state index in [1.54, 1.807) is 0 Å². The highest BCUT2D eigenvalue weighted by Crippen LogP contribution is 2.10. The second-order valence-corrected chi connectivity index (χ2v) is 17.1. The fourth-order valence-corrected chi connectivity index (χ4v) is 7.10. The van der Waals surface area contributed by atoms with Gasteiger partial charge in [-0.3, -0.25) is 50.4 Å². The van der Waals surface area contributed by atoms with Crippen LogP contribution in [0.15, 0.2) is 25.0 Å². The minimum atomic E-state index is -1.45. The van der Waals surface area contributed by atoms with Crippen molar-refractivity contribution in [3.05, 3.63) is 36.4 Å². The van der Waals surface area contributed by atoms with Crippen molar-refractivity contribution < 1.29 is 38.7 Å². The third-order valence-electron chi connectivity index (χ3n) is 11.0. The van der Waals surface area contributed by atoms with Crippen molar-refractivity contribution in [3.63, 3.8) is 0 Å². The lowest BCUT2D eigenvalue weighted by Crippen LogP contribution is -2.60. The molecule has 2 heterocycles. The smallest absolute Gasteiger partial charge is 0.326 e. The Hall–Kier alpha value is -8.29. The zero-order valence-electron chi connectivity index (χ0n) is 41.2. The molecule has 0 saturated carbocycles. The SMILES string of the molecule is N=C(N)NCCC[C@H](NC(=O)[C@H](CCCNC(=N)N)NC(=O)[C@H](Cc1c[nH]cn1)NC(=O)[C@H](CCCCN)NC(=O)[C@H](Cc1c[nH]cn1)NC(=O)[C@H](CCCNC(=N)N)NC(=O)[C@@H](N)CCCNC(=N)N)C(=O)O. The molecule has 412 valence electrons. The molecule has 2 aromatic rings. The molecule has 7 atom stereocenters. The molecule has 0 aliphatic carbocycles. The average molecular weight is 1050 g/mol. The van der Waals surface area contributed by atoms with Gasteiger partial charge in [-0.25, -0.2) is 14.8 Å². The number of rotatable bonds is 37. The average Bonchev–Trinajstić information content (AvgIpc) is 4.07. The van der Waals surface area contributed by atoms with Gasteiger partial charge < -0.3 is 103 Å². The summed E-state index contributed by atoms with van der Waals surface area (Å²) < 4.78 is 0. The van der Waals surface area contributed by atoms with Crippen LogP contribution in [0.1, 0.15) is 82.0 Å². The number of hydrogen-bond donors (Lipinski definition) is 23. The third kappa shape index (κ3) is 25.7. The predicted molar refractivity (Wildman–Crippen MR) is 271 cm³/mol. The number of aromatic amines is 2. The van der Waals surface area contributed by atoms with Crippen LogP contribution in [0.4, 0.5) is 0 Å². The van der Waals surface area contributed by atoms with Crippen LogP contribution in [0, 0.1) is 21.6 Å². The Kier molecular flexibility index (Phi) is 28.5. The van der Waals surface area contributed by atoms with Crippen molar-refractivity contribution in [2.24, 2.45) is 34.4 Å². The standard InChI is InChI=1S/C42H76N24O8/c43-12-2-1-8-26(62-36(71)30(17-23-19-53-21-59-23)66-35(70)27(9-4-14-56-40(47)48)61-32(67)25(44)7-3-13-55-39(45)46)34(69)65-31(18-24-20-54-22-60-24)37(72)63-28(10-5-15-57-41(49)50)33(68)64-29(38(73)74)11-6-16-58-42(51)52/h19-22,25-31H,1-18,43-44H2,(H,53,59)(H,54,60)(H,61,67)(H,62,71)(H,63,72)(H,64,68)(H,65,69)(H,66,70)(H,73,74)(H4,45,46,55)(H4,47,48,56)(H4,49,50,57)(H4,51,52,58)/t25-,26-,27-,28-,29-,30-,31-/m0/s1. The third-order valence-corrected chi connectivity index (χ3v) is 11.0. The molecule has 2 aromatic heterocycles. The number of carbonyl (C=O) groups excluding carboxylic acids is 6. The van der Waals surface area contributed by atoms with Crippen molar-refractivity contribution in [3.8, 4) is 0 Å². The van der Waals surface area contributed by atoms with Gasteiger partial charge in [0.05, 0.1) is 30.1 Å². The van der Waals surface area contributed by atoms with Crippen molar-refractivity contribution in [2.45, 2.75) is 126 Å². The summed E-state index contributed by atoms with van der Waals surface area (Å²) in [5, 5.41) is 65.6. The van der Waals surface area contributed by atoms with Gasteiger partial charge >= 0.3 is 5.97 Å². The molecule has 6 amide bonds. The molecule has 0 aliphatic heterocycles. The molecule has 74 heavy (non-hydrogen) atoms. The highest BCUT2D eigenvalue weighted by molar-refractivity contribution is 5.97. The predicted octanol–water partition coefficient (Wildman–Crippen LogP) is -6.58. The van der Waals surface area contributed by atoms with E-state index >= 15 is 0 Å². The molecule has 0 aliphatic rings.